The van der Waals surface area contributed by atoms with E-state index >= 15 is 0 Å². The number of nitrogens with one attached hydrogen (secondary N) is 1. The van der Waals surface area contributed by atoms with Crippen LogP contribution in [-0.2, 0) is 0 Å². The van der Waals surface area contributed by atoms with Crippen LogP contribution < -0.4 is 68.9 Å². The molecule has 1 N–H and O–H groups in total. The van der Waals surface area contributed by atoms with Crippen molar-refractivity contribution < 1.29 is 68.9 Å². The third kappa shape index (κ3) is 3.93. The molecule has 42 valence electrons. The fourth-order valence-electron chi connectivity index (χ4n) is 1.10. The van der Waals surface area contributed by atoms with Crippen LogP contribution in [0.5, 0.6) is 0 Å². The van der Waals surface area contributed by atoms with Crippen molar-refractivity contribution in [2.24, 2.45) is 0 Å². The zero-order chi connectivity index (χ0) is 5.11. The third-order valence-corrected chi connectivity index (χ3v) is 1.61. The number of rotatable bonds is 0. The van der Waals surface area contributed by atoms with E-state index in [1.54, 1.807) is 0 Å². The Bertz CT molecular complexity index is 50.5. The molecule has 1 saturated carbocycles. The predicted octanol–water partition coefficient (Wildman–Crippen LogP) is -0.625. The summed E-state index contributed by atoms with van der Waals surface area (Å²) in [6.45, 7) is 0. The first-order valence-corrected chi connectivity index (χ1v) is 3.11. The summed E-state index contributed by atoms with van der Waals surface area (Å²) in [6, 6.07) is 0.286. The normalized spacial score (nSPS) is 22.1. The second-order valence-electron chi connectivity index (χ2n) is 2.33. The zero-order valence-corrected chi connectivity index (χ0v) is 11.9. The van der Waals surface area contributed by atoms with Crippen molar-refractivity contribution >= 4 is 0 Å². The molecule has 2 heteroatoms. The van der Waals surface area contributed by atoms with Crippen molar-refractivity contribution in [3.8, 4) is 0 Å². The van der Waals surface area contributed by atoms with Gasteiger partial charge in [0.25, 0.3) is 0 Å². The average molecular weight is 231 g/mol. The Morgan fingerprint density at radius 2 is 1.50 bits per heavy atom. The molecule has 1 fully saturated rings. The first-order chi connectivity index (χ1) is 3.39. The molecule has 0 aliphatic heterocycles. The molecule has 1 nitrogen and oxygen atoms in total. The zero-order valence-electron chi connectivity index (χ0n) is 5.61. The van der Waals surface area contributed by atoms with Gasteiger partial charge in [-0.2, -0.15) is 0 Å². The molecular weight excluding hydrogens is 219 g/mol. The van der Waals surface area contributed by atoms with Crippen LogP contribution in [0.15, 0.2) is 0 Å². The Morgan fingerprint density at radius 1 is 1.00 bits per heavy atom. The molecule has 0 aromatic carbocycles. The van der Waals surface area contributed by atoms with E-state index in [0.717, 1.165) is 12.8 Å². The fourth-order valence-corrected chi connectivity index (χ4v) is 1.10. The van der Waals surface area contributed by atoms with E-state index < -0.39 is 0 Å². The Morgan fingerprint density at radius 3 is 1.75 bits per heavy atom. The Labute approximate surface area is 110 Å². The summed E-state index contributed by atoms with van der Waals surface area (Å²) in [4.78, 5) is 0. The maximum atomic E-state index is 7.27. The fraction of sp³-hybridized carbons (Fsp3) is 1.00. The van der Waals surface area contributed by atoms with Gasteiger partial charge in [0.15, 0.2) is 0 Å². The summed E-state index contributed by atoms with van der Waals surface area (Å²) in [5, 5.41) is 0. The van der Waals surface area contributed by atoms with E-state index in [1.807, 2.05) is 0 Å². The monoisotopic (exact) mass is 231 g/mol. The van der Waals surface area contributed by atoms with Crippen LogP contribution in [0, 0.1) is 0 Å². The van der Waals surface area contributed by atoms with Crippen LogP contribution in [0.3, 0.4) is 0 Å². The van der Waals surface area contributed by atoms with Crippen molar-refractivity contribution in [2.75, 3.05) is 0 Å². The molecule has 0 amide bonds. The molecular formula is C6H12CsN. The Balaban J connectivity index is 0.000000490. The summed E-state index contributed by atoms with van der Waals surface area (Å²) >= 11 is 0. The summed E-state index contributed by atoms with van der Waals surface area (Å²) in [5.41, 5.74) is 7.27. The summed E-state index contributed by atoms with van der Waals surface area (Å²) in [7, 11) is 0. The average Bonchev–Trinajstić information content (AvgIpc) is 1.69. The van der Waals surface area contributed by atoms with Crippen molar-refractivity contribution in [3.63, 3.8) is 0 Å². The van der Waals surface area contributed by atoms with Crippen molar-refractivity contribution in [1.82, 2.24) is 0 Å². The maximum Gasteiger partial charge on any atom is 1.00 e. The summed E-state index contributed by atoms with van der Waals surface area (Å²) in [6.07, 6.45) is 6.28. The Hall–Kier alpha value is 2.01. The van der Waals surface area contributed by atoms with Crippen molar-refractivity contribution in [2.45, 2.75) is 38.1 Å². The molecule has 0 spiro atoms. The largest absolute Gasteiger partial charge is 1.00 e. The van der Waals surface area contributed by atoms with Gasteiger partial charge in [-0.25, -0.2) is 0 Å². The number of hydrogen-bond donors (Lipinski definition) is 0. The molecule has 0 bridgehead atoms. The molecule has 1 aliphatic rings. The molecule has 1 rings (SSSR count). The number of hydrogen-bond acceptors (Lipinski definition) is 0. The first-order valence-electron chi connectivity index (χ1n) is 3.11. The minimum Gasteiger partial charge on any atom is -0.675 e. The predicted molar refractivity (Wildman–Crippen MR) is 31.2 cm³/mol. The van der Waals surface area contributed by atoms with E-state index in [4.69, 9.17) is 5.73 Å². The van der Waals surface area contributed by atoms with E-state index in [0.29, 0.717) is 0 Å². The van der Waals surface area contributed by atoms with Crippen molar-refractivity contribution in [1.29, 1.82) is 0 Å². The Kier molecular flexibility index (Phi) is 7.22. The smallest absolute Gasteiger partial charge is 0.675 e. The van der Waals surface area contributed by atoms with Crippen LogP contribution in [0.1, 0.15) is 32.1 Å². The van der Waals surface area contributed by atoms with Gasteiger partial charge < -0.3 is 5.73 Å². The van der Waals surface area contributed by atoms with Gasteiger partial charge in [0.2, 0.25) is 0 Å². The van der Waals surface area contributed by atoms with E-state index in [2.05, 4.69) is 0 Å². The SMILES string of the molecule is [Cs+].[NH-]C1CCCCC1. The maximum absolute atomic E-state index is 7.27. The van der Waals surface area contributed by atoms with Crippen LogP contribution in [0.25, 0.3) is 5.73 Å². The van der Waals surface area contributed by atoms with Gasteiger partial charge in [0.05, 0.1) is 0 Å². The molecule has 0 saturated heterocycles. The third-order valence-electron chi connectivity index (χ3n) is 1.61. The van der Waals surface area contributed by atoms with Crippen molar-refractivity contribution in [3.05, 3.63) is 5.73 Å². The van der Waals surface area contributed by atoms with Gasteiger partial charge in [-0.05, 0) is 0 Å². The minimum atomic E-state index is 0. The van der Waals surface area contributed by atoms with Gasteiger partial charge in [0.1, 0.15) is 0 Å². The molecule has 1 aliphatic carbocycles. The molecule has 0 aromatic heterocycles. The van der Waals surface area contributed by atoms with Gasteiger partial charge in [-0.15, -0.1) is 6.04 Å². The summed E-state index contributed by atoms with van der Waals surface area (Å²) in [5.74, 6) is 0. The van der Waals surface area contributed by atoms with E-state index in [-0.39, 0.29) is 74.9 Å². The van der Waals surface area contributed by atoms with Crippen LogP contribution in [0.4, 0.5) is 0 Å². The first kappa shape index (κ1) is 10.0. The van der Waals surface area contributed by atoms with Gasteiger partial charge in [-0.3, -0.25) is 0 Å². The quantitative estimate of drug-likeness (QED) is 0.530. The van der Waals surface area contributed by atoms with E-state index in [1.165, 1.54) is 19.3 Å². The van der Waals surface area contributed by atoms with Crippen LogP contribution in [-0.4, -0.2) is 6.04 Å². The van der Waals surface area contributed by atoms with Gasteiger partial charge >= 0.3 is 68.9 Å². The minimum absolute atomic E-state index is 0. The van der Waals surface area contributed by atoms with Crippen LogP contribution >= 0.6 is 0 Å². The second-order valence-corrected chi connectivity index (χ2v) is 2.33. The second kappa shape index (κ2) is 5.77. The molecule has 0 atom stereocenters. The van der Waals surface area contributed by atoms with Gasteiger partial charge in [-0.1, -0.05) is 32.1 Å². The molecule has 0 heterocycles. The molecule has 8 heavy (non-hydrogen) atoms. The van der Waals surface area contributed by atoms with Crippen LogP contribution in [0.2, 0.25) is 0 Å². The molecule has 0 aromatic rings. The summed E-state index contributed by atoms with van der Waals surface area (Å²) < 4.78 is 0. The molecule has 0 radical (unpaired) electrons. The topological polar surface area (TPSA) is 23.8 Å². The van der Waals surface area contributed by atoms with Gasteiger partial charge in [0, 0.05) is 0 Å². The van der Waals surface area contributed by atoms with E-state index in [9.17, 15) is 0 Å². The standard InChI is InChI=1S/C6H12N.Cs/c7-6-4-2-1-3-5-6;/h6-7H,1-5H2;/q-1;+1. The molecule has 0 unspecified atom stereocenters.